The van der Waals surface area contributed by atoms with Crippen LogP contribution in [0, 0.1) is 11.3 Å². The highest BCUT2D eigenvalue weighted by Gasteiger charge is 2.23. The summed E-state index contributed by atoms with van der Waals surface area (Å²) in [7, 11) is 1.43. The molecular weight excluding hydrogens is 552 g/mol. The third-order valence-electron chi connectivity index (χ3n) is 7.65. The smallest absolute Gasteiger partial charge is 0.336 e. The van der Waals surface area contributed by atoms with Crippen LogP contribution in [-0.4, -0.2) is 41.0 Å². The number of hydrogen-bond donors (Lipinski definition) is 4. The summed E-state index contributed by atoms with van der Waals surface area (Å²) in [4.78, 5) is 25.7. The summed E-state index contributed by atoms with van der Waals surface area (Å²) < 4.78 is 7.59. The van der Waals surface area contributed by atoms with Crippen LogP contribution in [0.2, 0.25) is 0 Å². The van der Waals surface area contributed by atoms with E-state index in [4.69, 9.17) is 15.9 Å². The first-order valence-corrected chi connectivity index (χ1v) is 14.5. The van der Waals surface area contributed by atoms with Crippen LogP contribution in [-0.2, 0) is 13.0 Å². The molecule has 44 heavy (non-hydrogen) atoms. The molecule has 8 heteroatoms. The second kappa shape index (κ2) is 12.9. The third kappa shape index (κ3) is 6.34. The Hall–Kier alpha value is -5.37. The number of hydrogen-bond acceptors (Lipinski definition) is 4. The lowest BCUT2D eigenvalue weighted by Gasteiger charge is -2.17. The van der Waals surface area contributed by atoms with Crippen molar-refractivity contribution < 1.29 is 19.4 Å². The molecule has 0 atom stereocenters. The van der Waals surface area contributed by atoms with E-state index in [0.717, 1.165) is 27.6 Å². The molecule has 8 nitrogen and oxygen atoms in total. The summed E-state index contributed by atoms with van der Waals surface area (Å²) >= 11 is 0. The second-order valence-electron chi connectivity index (χ2n) is 11.3. The number of nitrogens with one attached hydrogen (secondary N) is 2. The van der Waals surface area contributed by atoms with E-state index < -0.39 is 5.97 Å². The fourth-order valence-corrected chi connectivity index (χ4v) is 5.45. The molecule has 0 aliphatic carbocycles. The third-order valence-corrected chi connectivity index (χ3v) is 7.65. The molecule has 0 unspecified atom stereocenters. The molecule has 0 fully saturated rings. The van der Waals surface area contributed by atoms with Crippen LogP contribution in [0.1, 0.15) is 56.8 Å². The number of carboxylic acid groups (broad SMARTS) is 1. The monoisotopic (exact) mass is 588 g/mol. The number of rotatable bonds is 11. The lowest BCUT2D eigenvalue weighted by atomic mass is 9.92. The first-order valence-electron chi connectivity index (χ1n) is 14.5. The molecular formula is C36H36N4O4. The summed E-state index contributed by atoms with van der Waals surface area (Å²) in [6, 6.07) is 26.6. The SMILES string of the molecule is COc1cc(C(=O)O)c(-c2ccccc2Cn2cc(Cc3ccccc3)c3cc(C(=N)N)ccc32)cc1C(=O)NCC(C)C. The Morgan fingerprint density at radius 1 is 0.932 bits per heavy atom. The Morgan fingerprint density at radius 3 is 2.34 bits per heavy atom. The number of nitrogens with two attached hydrogens (primary N) is 1. The highest BCUT2D eigenvalue weighted by atomic mass is 16.5. The average molecular weight is 589 g/mol. The molecule has 0 radical (unpaired) electrons. The highest BCUT2D eigenvalue weighted by molar-refractivity contribution is 6.04. The van der Waals surface area contributed by atoms with E-state index in [9.17, 15) is 14.7 Å². The lowest BCUT2D eigenvalue weighted by Crippen LogP contribution is -2.28. The van der Waals surface area contributed by atoms with Gasteiger partial charge >= 0.3 is 5.97 Å². The molecule has 1 heterocycles. The molecule has 0 aliphatic rings. The topological polar surface area (TPSA) is 130 Å². The molecule has 4 aromatic carbocycles. The molecule has 0 spiro atoms. The highest BCUT2D eigenvalue weighted by Crippen LogP contribution is 2.35. The van der Waals surface area contributed by atoms with Gasteiger partial charge in [-0.05, 0) is 70.5 Å². The predicted octanol–water partition coefficient (Wildman–Crippen LogP) is 6.32. The van der Waals surface area contributed by atoms with Crippen LogP contribution >= 0.6 is 0 Å². The van der Waals surface area contributed by atoms with Gasteiger partial charge in [0.25, 0.3) is 5.91 Å². The van der Waals surface area contributed by atoms with E-state index in [2.05, 4.69) is 28.2 Å². The van der Waals surface area contributed by atoms with Gasteiger partial charge in [-0.15, -0.1) is 0 Å². The first-order chi connectivity index (χ1) is 21.2. The molecule has 5 aromatic rings. The van der Waals surface area contributed by atoms with Crippen molar-refractivity contribution in [1.82, 2.24) is 9.88 Å². The summed E-state index contributed by atoms with van der Waals surface area (Å²) in [5.74, 6) is -0.985. The van der Waals surface area contributed by atoms with Gasteiger partial charge in [0.2, 0.25) is 0 Å². The first kappa shape index (κ1) is 30.1. The standard InChI is InChI=1S/C36H36N4O4/c1-22(2)19-39-35(41)31-17-29(30(36(42)43)18-33(31)44-3)27-12-8-7-11-25(27)20-40-21-26(15-23-9-5-4-6-10-23)28-16-24(34(37)38)13-14-32(28)40/h4-14,16-18,21-22H,15,19-20H2,1-3H3,(H3,37,38)(H,39,41)(H,42,43). The largest absolute Gasteiger partial charge is 0.496 e. The van der Waals surface area contributed by atoms with E-state index >= 15 is 0 Å². The van der Waals surface area contributed by atoms with Gasteiger partial charge in [-0.3, -0.25) is 10.2 Å². The summed E-state index contributed by atoms with van der Waals surface area (Å²) in [6.45, 7) is 4.93. The quantitative estimate of drug-likeness (QED) is 0.106. The fraction of sp³-hybridized carbons (Fsp3) is 0.194. The van der Waals surface area contributed by atoms with Gasteiger partial charge in [-0.1, -0.05) is 68.4 Å². The fourth-order valence-electron chi connectivity index (χ4n) is 5.45. The number of benzene rings is 4. The van der Waals surface area contributed by atoms with E-state index in [1.165, 1.54) is 13.2 Å². The Labute approximate surface area is 256 Å². The van der Waals surface area contributed by atoms with Crippen molar-refractivity contribution in [1.29, 1.82) is 5.41 Å². The summed E-state index contributed by atoms with van der Waals surface area (Å²) in [5.41, 5.74) is 12.0. The Balaban J connectivity index is 1.62. The van der Waals surface area contributed by atoms with Gasteiger partial charge in [0.1, 0.15) is 11.6 Å². The number of fused-ring (bicyclic) bond motifs is 1. The number of carbonyl (C=O) groups is 2. The predicted molar refractivity (Wildman–Crippen MR) is 174 cm³/mol. The Bertz CT molecular complexity index is 1860. The molecule has 224 valence electrons. The zero-order chi connectivity index (χ0) is 31.4. The zero-order valence-corrected chi connectivity index (χ0v) is 25.1. The van der Waals surface area contributed by atoms with Crippen molar-refractivity contribution in [2.75, 3.05) is 13.7 Å². The maximum absolute atomic E-state index is 13.2. The van der Waals surface area contributed by atoms with Crippen LogP contribution < -0.4 is 15.8 Å². The minimum atomic E-state index is -1.12. The molecule has 5 rings (SSSR count). The number of carboxylic acids is 1. The number of methoxy groups -OCH3 is 1. The Kier molecular flexibility index (Phi) is 8.81. The van der Waals surface area contributed by atoms with Gasteiger partial charge < -0.3 is 25.5 Å². The van der Waals surface area contributed by atoms with Crippen LogP contribution in [0.25, 0.3) is 22.0 Å². The maximum Gasteiger partial charge on any atom is 0.336 e. The normalized spacial score (nSPS) is 11.1. The van der Waals surface area contributed by atoms with Crippen LogP contribution in [0.15, 0.2) is 91.1 Å². The number of nitrogen functional groups attached to an aromatic ring is 1. The number of aromatic nitrogens is 1. The van der Waals surface area contributed by atoms with Crippen molar-refractivity contribution in [2.24, 2.45) is 11.7 Å². The van der Waals surface area contributed by atoms with Crippen LogP contribution in [0.3, 0.4) is 0 Å². The van der Waals surface area contributed by atoms with Crippen molar-refractivity contribution in [3.63, 3.8) is 0 Å². The van der Waals surface area contributed by atoms with Gasteiger partial charge in [-0.2, -0.15) is 0 Å². The van der Waals surface area contributed by atoms with E-state index in [0.29, 0.717) is 36.2 Å². The molecule has 0 aliphatic heterocycles. The van der Waals surface area contributed by atoms with Crippen LogP contribution in [0.5, 0.6) is 5.75 Å². The second-order valence-corrected chi connectivity index (χ2v) is 11.3. The molecule has 1 aromatic heterocycles. The molecule has 0 saturated heterocycles. The minimum Gasteiger partial charge on any atom is -0.496 e. The number of nitrogens with zero attached hydrogens (tertiary/aromatic N) is 1. The molecule has 5 N–H and O–H groups in total. The lowest BCUT2D eigenvalue weighted by molar-refractivity contribution is 0.0696. The number of carbonyl (C=O) groups excluding carboxylic acids is 1. The number of aromatic carboxylic acids is 1. The van der Waals surface area contributed by atoms with Crippen molar-refractivity contribution >= 4 is 28.6 Å². The number of amidine groups is 1. The molecule has 1 amide bonds. The average Bonchev–Trinajstić information content (AvgIpc) is 3.35. The summed E-state index contributed by atoms with van der Waals surface area (Å²) in [5, 5.41) is 22.1. The van der Waals surface area contributed by atoms with Gasteiger partial charge in [-0.25, -0.2) is 4.79 Å². The number of amides is 1. The van der Waals surface area contributed by atoms with Crippen molar-refractivity contribution in [2.45, 2.75) is 26.8 Å². The minimum absolute atomic E-state index is 0.00426. The van der Waals surface area contributed by atoms with Gasteiger partial charge in [0.15, 0.2) is 0 Å². The molecule has 0 saturated carbocycles. The maximum atomic E-state index is 13.2. The van der Waals surface area contributed by atoms with Crippen molar-refractivity contribution in [3.05, 3.63) is 125 Å². The summed E-state index contributed by atoms with van der Waals surface area (Å²) in [6.07, 6.45) is 2.80. The van der Waals surface area contributed by atoms with E-state index in [-0.39, 0.29) is 34.5 Å². The van der Waals surface area contributed by atoms with Crippen LogP contribution in [0.4, 0.5) is 0 Å². The number of ether oxygens (including phenoxy) is 1. The van der Waals surface area contributed by atoms with Gasteiger partial charge in [0.05, 0.1) is 18.2 Å². The zero-order valence-electron chi connectivity index (χ0n) is 25.1. The molecule has 0 bridgehead atoms. The van der Waals surface area contributed by atoms with E-state index in [1.54, 1.807) is 6.07 Å². The Morgan fingerprint density at radius 2 is 1.66 bits per heavy atom. The van der Waals surface area contributed by atoms with Gasteiger partial charge in [0, 0.05) is 35.8 Å². The van der Waals surface area contributed by atoms with E-state index in [1.807, 2.05) is 74.5 Å². The van der Waals surface area contributed by atoms with Crippen molar-refractivity contribution in [3.8, 4) is 16.9 Å².